The monoisotopic (exact) mass is 294 g/mol. The molecule has 0 aromatic rings. The van der Waals surface area contributed by atoms with Crippen molar-refractivity contribution < 1.29 is 12.6 Å². The minimum Gasteiger partial charge on any atom is -0.260 e. The number of sulfone groups is 1. The Morgan fingerprint density at radius 2 is 1.78 bits per heavy atom. The Balaban J connectivity index is 2.21. The molecule has 0 aromatic heterocycles. The largest absolute Gasteiger partial charge is 0.260 e. The van der Waals surface area contributed by atoms with Gasteiger partial charge in [0.2, 0.25) is 0 Å². The molecule has 3 nitrogen and oxygen atoms in total. The molecule has 0 amide bonds. The van der Waals surface area contributed by atoms with Crippen molar-refractivity contribution in [2.24, 2.45) is 5.92 Å². The van der Waals surface area contributed by atoms with Gasteiger partial charge < -0.3 is 0 Å². The molecule has 108 valence electrons. The smallest absolute Gasteiger partial charge is 0.152 e. The van der Waals surface area contributed by atoms with Crippen LogP contribution in [0.15, 0.2) is 0 Å². The van der Waals surface area contributed by atoms with Crippen molar-refractivity contribution in [1.82, 2.24) is 0 Å². The van der Waals surface area contributed by atoms with Crippen molar-refractivity contribution in [2.75, 3.05) is 17.3 Å². The second-order valence-electron chi connectivity index (χ2n) is 5.58. The van der Waals surface area contributed by atoms with Crippen LogP contribution in [0.25, 0.3) is 0 Å². The Bertz CT molecular complexity index is 354. The second-order valence-corrected chi connectivity index (χ2v) is 9.88. The third-order valence-corrected chi connectivity index (χ3v) is 7.55. The maximum Gasteiger partial charge on any atom is 0.152 e. The average Bonchev–Trinajstić information content (AvgIpc) is 2.29. The molecular weight excluding hydrogens is 268 g/mol. The first-order chi connectivity index (χ1) is 8.42. The molecule has 0 spiro atoms. The van der Waals surface area contributed by atoms with E-state index in [1.807, 2.05) is 0 Å². The van der Waals surface area contributed by atoms with Crippen LogP contribution in [0.2, 0.25) is 0 Å². The van der Waals surface area contributed by atoms with Gasteiger partial charge in [0, 0.05) is 22.3 Å². The van der Waals surface area contributed by atoms with Gasteiger partial charge in [-0.05, 0) is 39.0 Å². The highest BCUT2D eigenvalue weighted by molar-refractivity contribution is 7.92. The molecule has 1 saturated carbocycles. The predicted molar refractivity (Wildman–Crippen MR) is 78.0 cm³/mol. The van der Waals surface area contributed by atoms with E-state index in [4.69, 9.17) is 0 Å². The molecule has 1 unspecified atom stereocenters. The maximum absolute atomic E-state index is 11.9. The van der Waals surface area contributed by atoms with Crippen molar-refractivity contribution >= 4 is 20.6 Å². The Morgan fingerprint density at radius 1 is 1.17 bits per heavy atom. The Kier molecular flexibility index (Phi) is 6.85. The third kappa shape index (κ3) is 5.83. The van der Waals surface area contributed by atoms with E-state index in [1.165, 1.54) is 32.1 Å². The van der Waals surface area contributed by atoms with Crippen molar-refractivity contribution in [3.8, 4) is 0 Å². The second kappa shape index (κ2) is 7.63. The fourth-order valence-corrected chi connectivity index (χ4v) is 5.05. The zero-order valence-corrected chi connectivity index (χ0v) is 13.2. The van der Waals surface area contributed by atoms with Gasteiger partial charge >= 0.3 is 0 Å². The normalized spacial score (nSPS) is 20.2. The molecular formula is C13H26O3S2. The molecule has 1 fully saturated rings. The summed E-state index contributed by atoms with van der Waals surface area (Å²) in [4.78, 5) is 0. The van der Waals surface area contributed by atoms with Crippen LogP contribution in [0.1, 0.15) is 52.4 Å². The van der Waals surface area contributed by atoms with Gasteiger partial charge in [-0.1, -0.05) is 19.3 Å². The molecule has 18 heavy (non-hydrogen) atoms. The molecule has 0 bridgehead atoms. The number of hydrogen-bond acceptors (Lipinski definition) is 3. The molecule has 0 radical (unpaired) electrons. The van der Waals surface area contributed by atoms with Crippen LogP contribution < -0.4 is 0 Å². The molecule has 0 N–H and O–H groups in total. The highest BCUT2D eigenvalue weighted by Crippen LogP contribution is 2.24. The van der Waals surface area contributed by atoms with Gasteiger partial charge in [-0.2, -0.15) is 0 Å². The van der Waals surface area contributed by atoms with Gasteiger partial charge in [0.05, 0.1) is 11.0 Å². The van der Waals surface area contributed by atoms with Crippen LogP contribution in [0, 0.1) is 5.92 Å². The van der Waals surface area contributed by atoms with Crippen LogP contribution >= 0.6 is 0 Å². The Hall–Kier alpha value is 0.1000. The minimum absolute atomic E-state index is 0.182. The molecule has 1 aliphatic rings. The average molecular weight is 294 g/mol. The summed E-state index contributed by atoms with van der Waals surface area (Å²) in [6.07, 6.45) is 6.80. The fourth-order valence-electron chi connectivity index (χ4n) is 2.36. The third-order valence-electron chi connectivity index (χ3n) is 3.67. The van der Waals surface area contributed by atoms with Crippen LogP contribution in [-0.4, -0.2) is 35.1 Å². The minimum atomic E-state index is -2.96. The van der Waals surface area contributed by atoms with E-state index in [0.29, 0.717) is 18.1 Å². The van der Waals surface area contributed by atoms with Crippen LogP contribution in [-0.2, 0) is 20.6 Å². The van der Waals surface area contributed by atoms with Crippen LogP contribution in [0.3, 0.4) is 0 Å². The van der Waals surface area contributed by atoms with Gasteiger partial charge in [-0.15, -0.1) is 0 Å². The van der Waals surface area contributed by atoms with Crippen molar-refractivity contribution in [3.63, 3.8) is 0 Å². The maximum atomic E-state index is 11.9. The lowest BCUT2D eigenvalue weighted by Crippen LogP contribution is -2.21. The Labute approximate surface area is 114 Å². The first-order valence-corrected chi connectivity index (χ1v) is 10.2. The standard InChI is InChI=1S/C13H26O3S2/c1-12(2)18(15,16)10-6-9-17(14)11-13-7-4-3-5-8-13/h12-13H,3-11H2,1-2H3. The molecule has 0 heterocycles. The molecule has 0 aliphatic heterocycles. The Morgan fingerprint density at radius 3 is 2.33 bits per heavy atom. The summed E-state index contributed by atoms with van der Waals surface area (Å²) >= 11 is 0. The lowest BCUT2D eigenvalue weighted by Gasteiger charge is -2.20. The number of hydrogen-bond donors (Lipinski definition) is 0. The summed E-state index contributed by atoms with van der Waals surface area (Å²) < 4.78 is 35.1. The van der Waals surface area contributed by atoms with Crippen molar-refractivity contribution in [2.45, 2.75) is 57.6 Å². The van der Waals surface area contributed by atoms with E-state index in [0.717, 1.165) is 5.75 Å². The molecule has 0 aromatic carbocycles. The highest BCUT2D eigenvalue weighted by atomic mass is 32.2. The lowest BCUT2D eigenvalue weighted by atomic mass is 9.91. The highest BCUT2D eigenvalue weighted by Gasteiger charge is 2.18. The summed E-state index contributed by atoms with van der Waals surface area (Å²) in [5.74, 6) is 2.12. The van der Waals surface area contributed by atoms with Gasteiger partial charge in [-0.3, -0.25) is 4.21 Å². The van der Waals surface area contributed by atoms with E-state index >= 15 is 0 Å². The molecule has 1 atom stereocenters. The van der Waals surface area contributed by atoms with Crippen molar-refractivity contribution in [3.05, 3.63) is 0 Å². The van der Waals surface area contributed by atoms with E-state index in [2.05, 4.69) is 0 Å². The first-order valence-electron chi connectivity index (χ1n) is 6.98. The van der Waals surface area contributed by atoms with E-state index in [1.54, 1.807) is 13.8 Å². The van der Waals surface area contributed by atoms with Crippen LogP contribution in [0.4, 0.5) is 0 Å². The van der Waals surface area contributed by atoms with E-state index in [-0.39, 0.29) is 11.0 Å². The summed E-state index contributed by atoms with van der Waals surface area (Å²) in [7, 11) is -3.79. The summed E-state index contributed by atoms with van der Waals surface area (Å²) in [5, 5.41) is -0.315. The zero-order chi connectivity index (χ0) is 13.6. The lowest BCUT2D eigenvalue weighted by molar-refractivity contribution is 0.388. The van der Waals surface area contributed by atoms with Gasteiger partial charge in [0.25, 0.3) is 0 Å². The van der Waals surface area contributed by atoms with Gasteiger partial charge in [0.15, 0.2) is 9.84 Å². The quantitative estimate of drug-likeness (QED) is 0.725. The molecule has 5 heteroatoms. The topological polar surface area (TPSA) is 51.2 Å². The van der Waals surface area contributed by atoms with Gasteiger partial charge in [0.1, 0.15) is 0 Å². The molecule has 0 saturated heterocycles. The summed E-state index contributed by atoms with van der Waals surface area (Å²) in [6, 6.07) is 0. The summed E-state index contributed by atoms with van der Waals surface area (Å²) in [5.41, 5.74) is 0. The zero-order valence-electron chi connectivity index (χ0n) is 11.6. The molecule has 1 aliphatic carbocycles. The van der Waals surface area contributed by atoms with E-state index < -0.39 is 20.6 Å². The van der Waals surface area contributed by atoms with E-state index in [9.17, 15) is 12.6 Å². The fraction of sp³-hybridized carbons (Fsp3) is 1.00. The van der Waals surface area contributed by atoms with Crippen LogP contribution in [0.5, 0.6) is 0 Å². The first kappa shape index (κ1) is 16.2. The van der Waals surface area contributed by atoms with Crippen molar-refractivity contribution in [1.29, 1.82) is 0 Å². The summed E-state index contributed by atoms with van der Waals surface area (Å²) in [6.45, 7) is 3.41. The number of rotatable bonds is 7. The SMILES string of the molecule is CC(C)S(=O)(=O)CCCS(=O)CC1CCCCC1. The molecule has 1 rings (SSSR count). The predicted octanol–water partition coefficient (Wildman–Crippen LogP) is 2.53. The van der Waals surface area contributed by atoms with Gasteiger partial charge in [-0.25, -0.2) is 8.42 Å².